The van der Waals surface area contributed by atoms with Crippen molar-refractivity contribution in [2.24, 2.45) is 0 Å². The van der Waals surface area contributed by atoms with Crippen molar-refractivity contribution < 1.29 is 18.6 Å². The van der Waals surface area contributed by atoms with Crippen molar-refractivity contribution in [3.63, 3.8) is 0 Å². The summed E-state index contributed by atoms with van der Waals surface area (Å²) in [4.78, 5) is 18.0. The van der Waals surface area contributed by atoms with Gasteiger partial charge in [-0.25, -0.2) is 8.78 Å². The number of hydrogen-bond donors (Lipinski definition) is 2. The second-order valence-electron chi connectivity index (χ2n) is 11.1. The van der Waals surface area contributed by atoms with Gasteiger partial charge in [-0.05, 0) is 44.7 Å². The molecular formula is C28H31F2N7O2. The number of halogens is 2. The molecule has 0 saturated carbocycles. The third-order valence-electron chi connectivity index (χ3n) is 8.61. The minimum atomic E-state index is -0.873. The molecule has 6 heterocycles. The highest BCUT2D eigenvalue weighted by atomic mass is 19.1. The predicted molar refractivity (Wildman–Crippen MR) is 143 cm³/mol. The van der Waals surface area contributed by atoms with Gasteiger partial charge in [0.15, 0.2) is 5.82 Å². The topological polar surface area (TPSA) is 103 Å². The van der Waals surface area contributed by atoms with Crippen molar-refractivity contribution in [2.45, 2.75) is 56.3 Å². The first-order valence-corrected chi connectivity index (χ1v) is 13.7. The fourth-order valence-electron chi connectivity index (χ4n) is 6.63. The average molecular weight is 536 g/mol. The van der Waals surface area contributed by atoms with Gasteiger partial charge in [0.2, 0.25) is 0 Å². The van der Waals surface area contributed by atoms with Crippen LogP contribution >= 0.6 is 0 Å². The SMILES string of the molecule is OC1CCCN(c2nc(OC[C@@]34CCCN3C[C@H](F)C4)nc3c(F)c(-c4cccc5[nH]ncc45)ncc23)CC1. The van der Waals surface area contributed by atoms with E-state index in [0.29, 0.717) is 55.7 Å². The zero-order valence-electron chi connectivity index (χ0n) is 21.6. The minimum Gasteiger partial charge on any atom is -0.461 e. The van der Waals surface area contributed by atoms with Crippen LogP contribution in [0.25, 0.3) is 33.1 Å². The fraction of sp³-hybridized carbons (Fsp3) is 0.500. The first kappa shape index (κ1) is 24.6. The summed E-state index contributed by atoms with van der Waals surface area (Å²) in [6, 6.07) is 5.59. The van der Waals surface area contributed by atoms with Crippen LogP contribution < -0.4 is 9.64 Å². The highest BCUT2D eigenvalue weighted by molar-refractivity contribution is 5.97. The summed E-state index contributed by atoms with van der Waals surface area (Å²) in [6.45, 7) is 2.78. The number of anilines is 1. The largest absolute Gasteiger partial charge is 0.461 e. The molecule has 0 spiro atoms. The summed E-state index contributed by atoms with van der Waals surface area (Å²) >= 11 is 0. The first-order chi connectivity index (χ1) is 19.0. The zero-order valence-corrected chi connectivity index (χ0v) is 21.6. The Morgan fingerprint density at radius 1 is 1.10 bits per heavy atom. The molecule has 1 aromatic carbocycles. The monoisotopic (exact) mass is 535 g/mol. The summed E-state index contributed by atoms with van der Waals surface area (Å²) < 4.78 is 36.8. The second-order valence-corrected chi connectivity index (χ2v) is 11.1. The zero-order chi connectivity index (χ0) is 26.6. The molecule has 39 heavy (non-hydrogen) atoms. The molecule has 3 atom stereocenters. The number of aromatic amines is 1. The Morgan fingerprint density at radius 3 is 2.95 bits per heavy atom. The van der Waals surface area contributed by atoms with E-state index in [9.17, 15) is 9.50 Å². The molecule has 9 nitrogen and oxygen atoms in total. The first-order valence-electron chi connectivity index (χ1n) is 13.7. The van der Waals surface area contributed by atoms with Crippen LogP contribution in [0.2, 0.25) is 0 Å². The smallest absolute Gasteiger partial charge is 0.319 e. The van der Waals surface area contributed by atoms with Crippen LogP contribution in [0.5, 0.6) is 6.01 Å². The summed E-state index contributed by atoms with van der Waals surface area (Å²) in [7, 11) is 0. The van der Waals surface area contributed by atoms with Crippen LogP contribution in [-0.2, 0) is 0 Å². The quantitative estimate of drug-likeness (QED) is 0.395. The third kappa shape index (κ3) is 4.28. The molecule has 3 aliphatic heterocycles. The van der Waals surface area contributed by atoms with E-state index in [0.717, 1.165) is 36.7 Å². The third-order valence-corrected chi connectivity index (χ3v) is 8.61. The van der Waals surface area contributed by atoms with E-state index in [-0.39, 0.29) is 35.5 Å². The summed E-state index contributed by atoms with van der Waals surface area (Å²) in [6.07, 6.45) is 6.39. The van der Waals surface area contributed by atoms with Crippen molar-refractivity contribution in [1.29, 1.82) is 0 Å². The van der Waals surface area contributed by atoms with Crippen molar-refractivity contribution in [3.8, 4) is 17.3 Å². The summed E-state index contributed by atoms with van der Waals surface area (Å²) in [5.74, 6) is -0.0194. The molecule has 2 N–H and O–H groups in total. The Labute approximate surface area is 224 Å². The molecule has 3 fully saturated rings. The molecule has 11 heteroatoms. The Balaban J connectivity index is 1.32. The van der Waals surface area contributed by atoms with Gasteiger partial charge in [0.1, 0.15) is 29.8 Å². The molecule has 0 bridgehead atoms. The van der Waals surface area contributed by atoms with Crippen LogP contribution in [0.3, 0.4) is 0 Å². The lowest BCUT2D eigenvalue weighted by molar-refractivity contribution is 0.107. The Hall–Kier alpha value is -3.44. The van der Waals surface area contributed by atoms with E-state index in [1.54, 1.807) is 12.4 Å². The molecule has 3 aromatic heterocycles. The maximum Gasteiger partial charge on any atom is 0.319 e. The number of benzene rings is 1. The number of hydrogen-bond acceptors (Lipinski definition) is 8. The highest BCUT2D eigenvalue weighted by Crippen LogP contribution is 2.41. The van der Waals surface area contributed by atoms with Crippen LogP contribution in [0.1, 0.15) is 38.5 Å². The lowest BCUT2D eigenvalue weighted by atomic mass is 9.95. The molecule has 1 unspecified atom stereocenters. The van der Waals surface area contributed by atoms with E-state index in [2.05, 4.69) is 30.0 Å². The van der Waals surface area contributed by atoms with Crippen molar-refractivity contribution in [2.75, 3.05) is 37.7 Å². The van der Waals surface area contributed by atoms with Crippen molar-refractivity contribution in [3.05, 3.63) is 36.4 Å². The van der Waals surface area contributed by atoms with E-state index in [4.69, 9.17) is 9.72 Å². The van der Waals surface area contributed by atoms with Gasteiger partial charge in [-0.3, -0.25) is 15.0 Å². The van der Waals surface area contributed by atoms with Gasteiger partial charge < -0.3 is 14.7 Å². The van der Waals surface area contributed by atoms with E-state index in [1.807, 2.05) is 18.2 Å². The lowest BCUT2D eigenvalue weighted by Crippen LogP contribution is -2.43. The van der Waals surface area contributed by atoms with Crippen LogP contribution in [0.4, 0.5) is 14.6 Å². The summed E-state index contributed by atoms with van der Waals surface area (Å²) in [5, 5.41) is 18.5. The van der Waals surface area contributed by atoms with Crippen LogP contribution in [-0.4, -0.2) is 85.8 Å². The van der Waals surface area contributed by atoms with Gasteiger partial charge in [0, 0.05) is 43.2 Å². The average Bonchev–Trinajstić information content (AvgIpc) is 3.59. The van der Waals surface area contributed by atoms with Crippen LogP contribution in [0.15, 0.2) is 30.6 Å². The van der Waals surface area contributed by atoms with Gasteiger partial charge in [0.05, 0.1) is 28.7 Å². The number of nitrogens with zero attached hydrogens (tertiary/aromatic N) is 6. The lowest BCUT2D eigenvalue weighted by Gasteiger charge is -2.31. The maximum atomic E-state index is 16.3. The van der Waals surface area contributed by atoms with E-state index in [1.165, 1.54) is 0 Å². The van der Waals surface area contributed by atoms with Gasteiger partial charge in [0.25, 0.3) is 0 Å². The standard InChI is InChI=1S/C28H31F2N7O2/c29-17-12-28(8-3-10-37(28)15-17)16-39-27-33-25-21(26(34-27)36-9-2-4-18(38)7-11-36)13-31-24(23(25)30)19-5-1-6-22-20(19)14-32-35-22/h1,5-6,13-14,17-18,38H,2-4,7-12,15-16H2,(H,32,35)/t17-,18?,28+/m1/s1. The van der Waals surface area contributed by atoms with E-state index >= 15 is 4.39 Å². The molecule has 0 amide bonds. The predicted octanol–water partition coefficient (Wildman–Crippen LogP) is 4.01. The summed E-state index contributed by atoms with van der Waals surface area (Å²) in [5.41, 5.74) is 1.33. The molecule has 0 aliphatic carbocycles. The number of aliphatic hydroxyl groups excluding tert-OH is 1. The molecule has 204 valence electrons. The molecule has 3 saturated heterocycles. The van der Waals surface area contributed by atoms with Gasteiger partial charge in [-0.15, -0.1) is 0 Å². The number of rotatable bonds is 5. The van der Waals surface area contributed by atoms with Gasteiger partial charge in [-0.1, -0.05) is 12.1 Å². The number of fused-ring (bicyclic) bond motifs is 3. The van der Waals surface area contributed by atoms with Gasteiger partial charge >= 0.3 is 6.01 Å². The molecular weight excluding hydrogens is 504 g/mol. The van der Waals surface area contributed by atoms with E-state index < -0.39 is 12.0 Å². The minimum absolute atomic E-state index is 0.0726. The molecule has 7 rings (SSSR count). The van der Waals surface area contributed by atoms with Crippen LogP contribution in [0, 0.1) is 5.82 Å². The normalized spacial score (nSPS) is 25.9. The Bertz CT molecular complexity index is 1530. The van der Waals surface area contributed by atoms with Gasteiger partial charge in [-0.2, -0.15) is 15.1 Å². The fourth-order valence-corrected chi connectivity index (χ4v) is 6.63. The number of aromatic nitrogens is 5. The maximum absolute atomic E-state index is 16.3. The number of alkyl halides is 1. The van der Waals surface area contributed by atoms with Crippen molar-refractivity contribution >= 4 is 27.6 Å². The molecule has 4 aromatic rings. The number of aliphatic hydroxyl groups is 1. The molecule has 3 aliphatic rings. The number of pyridine rings is 1. The Kier molecular flexibility index (Phi) is 6.07. The number of nitrogens with one attached hydrogen (secondary N) is 1. The van der Waals surface area contributed by atoms with Crippen molar-refractivity contribution in [1.82, 2.24) is 30.0 Å². The second kappa shape index (κ2) is 9.63. The molecule has 0 radical (unpaired) electrons. The Morgan fingerprint density at radius 2 is 2.03 bits per heavy atom. The number of H-pyrrole nitrogens is 1. The number of ether oxygens (including phenoxy) is 1. The highest BCUT2D eigenvalue weighted by Gasteiger charge is 2.49.